The normalized spacial score (nSPS) is 13.8. The summed E-state index contributed by atoms with van der Waals surface area (Å²) in [6, 6.07) is 17.3. The number of para-hydroxylation sites is 1. The first kappa shape index (κ1) is 22.7. The number of benzene rings is 2. The molecule has 0 saturated carbocycles. The van der Waals surface area contributed by atoms with Crippen molar-refractivity contribution in [2.24, 2.45) is 14.1 Å². The maximum atomic E-state index is 12.4. The number of hydrogen-bond acceptors (Lipinski definition) is 6. The molecule has 11 heteroatoms. The second kappa shape index (κ2) is 9.26. The predicted octanol–water partition coefficient (Wildman–Crippen LogP) is 2.27. The van der Waals surface area contributed by atoms with Gasteiger partial charge in [-0.05, 0) is 48.6 Å². The zero-order valence-electron chi connectivity index (χ0n) is 19.4. The van der Waals surface area contributed by atoms with Gasteiger partial charge in [0.25, 0.3) is 5.56 Å². The number of piperazine rings is 1. The van der Waals surface area contributed by atoms with Gasteiger partial charge in [-0.3, -0.25) is 13.9 Å². The molecule has 0 amide bonds. The first-order chi connectivity index (χ1) is 16.9. The lowest BCUT2D eigenvalue weighted by Gasteiger charge is -2.36. The van der Waals surface area contributed by atoms with Crippen LogP contribution in [0.15, 0.2) is 64.2 Å². The van der Waals surface area contributed by atoms with Crippen LogP contribution in [0.3, 0.4) is 0 Å². The highest BCUT2D eigenvalue weighted by atomic mass is 32.1. The topological polar surface area (TPSA) is 100 Å². The summed E-state index contributed by atoms with van der Waals surface area (Å²) in [5.74, 6) is 2.11. The zero-order chi connectivity index (χ0) is 24.5. The van der Waals surface area contributed by atoms with E-state index in [0.717, 1.165) is 21.8 Å². The van der Waals surface area contributed by atoms with Crippen LogP contribution in [0.5, 0.6) is 11.5 Å². The average Bonchev–Trinajstić information content (AvgIpc) is 3.34. The fourth-order valence-corrected chi connectivity index (χ4v) is 4.32. The van der Waals surface area contributed by atoms with Crippen molar-refractivity contribution in [1.82, 2.24) is 24.0 Å². The molecule has 3 heterocycles. The Labute approximate surface area is 206 Å². The molecule has 0 bridgehead atoms. The molecule has 1 saturated heterocycles. The number of hydrogen-bond donors (Lipinski definition) is 2. The van der Waals surface area contributed by atoms with E-state index >= 15 is 0 Å². The van der Waals surface area contributed by atoms with Crippen LogP contribution in [0, 0.1) is 0 Å². The number of H-pyrrole nitrogens is 1. The largest absolute Gasteiger partial charge is 0.457 e. The van der Waals surface area contributed by atoms with Crippen molar-refractivity contribution in [3.05, 3.63) is 75.4 Å². The van der Waals surface area contributed by atoms with Crippen LogP contribution in [0.1, 0.15) is 0 Å². The minimum atomic E-state index is -0.401. The third-order valence-corrected chi connectivity index (χ3v) is 6.39. The Balaban J connectivity index is 1.20. The van der Waals surface area contributed by atoms with Gasteiger partial charge in [0.1, 0.15) is 11.5 Å². The van der Waals surface area contributed by atoms with E-state index in [4.69, 9.17) is 17.0 Å². The summed E-state index contributed by atoms with van der Waals surface area (Å²) in [6.45, 7) is 2.71. The molecule has 0 spiro atoms. The molecule has 2 aromatic carbocycles. The minimum Gasteiger partial charge on any atom is -0.457 e. The number of aryl methyl sites for hydroxylation is 1. The molecule has 0 atom stereocenters. The number of rotatable bonds is 4. The van der Waals surface area contributed by atoms with Crippen LogP contribution < -0.4 is 26.2 Å². The maximum absolute atomic E-state index is 12.4. The molecule has 1 fully saturated rings. The van der Waals surface area contributed by atoms with E-state index in [2.05, 4.69) is 25.1 Å². The van der Waals surface area contributed by atoms with E-state index in [1.807, 2.05) is 54.6 Å². The Morgan fingerprint density at radius 3 is 2.29 bits per heavy atom. The van der Waals surface area contributed by atoms with Gasteiger partial charge in [0.05, 0.1) is 0 Å². The van der Waals surface area contributed by atoms with E-state index in [0.29, 0.717) is 48.4 Å². The molecule has 180 valence electrons. The molecule has 35 heavy (non-hydrogen) atoms. The second-order valence-electron chi connectivity index (χ2n) is 8.31. The number of ether oxygens (including phenoxy) is 1. The average molecular weight is 492 g/mol. The minimum absolute atomic E-state index is 0.323. The van der Waals surface area contributed by atoms with Crippen LogP contribution in [0.4, 0.5) is 11.6 Å². The predicted molar refractivity (Wildman–Crippen MR) is 140 cm³/mol. The van der Waals surface area contributed by atoms with Gasteiger partial charge >= 0.3 is 5.69 Å². The lowest BCUT2D eigenvalue weighted by atomic mass is 10.3. The van der Waals surface area contributed by atoms with E-state index in [1.54, 1.807) is 7.05 Å². The van der Waals surface area contributed by atoms with Crippen LogP contribution in [0.25, 0.3) is 11.2 Å². The Hall–Kier alpha value is -4.12. The summed E-state index contributed by atoms with van der Waals surface area (Å²) in [5, 5.41) is 3.92. The van der Waals surface area contributed by atoms with Crippen LogP contribution in [0.2, 0.25) is 0 Å². The summed E-state index contributed by atoms with van der Waals surface area (Å²) in [6.07, 6.45) is 0. The lowest BCUT2D eigenvalue weighted by Crippen LogP contribution is -2.50. The van der Waals surface area contributed by atoms with Crippen molar-refractivity contribution in [2.75, 3.05) is 36.4 Å². The lowest BCUT2D eigenvalue weighted by molar-refractivity contribution is 0.388. The fourth-order valence-electron chi connectivity index (χ4n) is 4.02. The molecule has 0 radical (unpaired) electrons. The van der Waals surface area contributed by atoms with Crippen LogP contribution in [-0.2, 0) is 14.1 Å². The molecule has 1 aliphatic heterocycles. The van der Waals surface area contributed by atoms with Crippen molar-refractivity contribution < 1.29 is 4.74 Å². The van der Waals surface area contributed by atoms with Crippen molar-refractivity contribution in [2.45, 2.75) is 0 Å². The van der Waals surface area contributed by atoms with E-state index < -0.39 is 5.69 Å². The number of anilines is 2. The number of aromatic nitrogens is 4. The molecule has 4 aromatic rings. The number of thiocarbonyl (C=S) groups is 1. The molecular weight excluding hydrogens is 466 g/mol. The highest BCUT2D eigenvalue weighted by Gasteiger charge is 2.23. The van der Waals surface area contributed by atoms with Crippen molar-refractivity contribution in [3.8, 4) is 11.5 Å². The van der Waals surface area contributed by atoms with Gasteiger partial charge in [-0.25, -0.2) is 4.79 Å². The van der Waals surface area contributed by atoms with Gasteiger partial charge < -0.3 is 24.8 Å². The Bertz CT molecular complexity index is 1480. The van der Waals surface area contributed by atoms with Gasteiger partial charge in [-0.2, -0.15) is 4.98 Å². The number of nitrogens with zero attached hydrogens (tertiary/aromatic N) is 5. The summed E-state index contributed by atoms with van der Waals surface area (Å²) in [7, 11) is 3.07. The van der Waals surface area contributed by atoms with Gasteiger partial charge in [0.15, 0.2) is 16.3 Å². The molecular formula is C24H25N7O3S. The Morgan fingerprint density at radius 1 is 0.943 bits per heavy atom. The molecule has 1 aliphatic rings. The molecule has 2 aromatic heterocycles. The highest BCUT2D eigenvalue weighted by molar-refractivity contribution is 7.80. The summed E-state index contributed by atoms with van der Waals surface area (Å²) in [5.41, 5.74) is 0.774. The van der Waals surface area contributed by atoms with Gasteiger partial charge in [-0.15, -0.1) is 0 Å². The SMILES string of the molecule is Cn1c(=O)c2[nH]c(N3CCN(C(=S)Nc4ccc(Oc5ccccc5)cc4)CC3)nc2n(C)c1=O. The zero-order valence-corrected chi connectivity index (χ0v) is 20.2. The summed E-state index contributed by atoms with van der Waals surface area (Å²) in [4.78, 5) is 36.4. The van der Waals surface area contributed by atoms with E-state index in [1.165, 1.54) is 11.6 Å². The first-order valence-electron chi connectivity index (χ1n) is 11.2. The summed E-state index contributed by atoms with van der Waals surface area (Å²) < 4.78 is 8.29. The number of nitrogens with one attached hydrogen (secondary N) is 2. The maximum Gasteiger partial charge on any atom is 0.332 e. The first-order valence-corrected chi connectivity index (χ1v) is 11.6. The number of fused-ring (bicyclic) bond motifs is 1. The monoisotopic (exact) mass is 491 g/mol. The van der Waals surface area contributed by atoms with Gasteiger partial charge in [0.2, 0.25) is 5.95 Å². The fraction of sp³-hybridized carbons (Fsp3) is 0.250. The number of aromatic amines is 1. The third-order valence-electron chi connectivity index (χ3n) is 6.03. The second-order valence-corrected chi connectivity index (χ2v) is 8.70. The summed E-state index contributed by atoms with van der Waals surface area (Å²) >= 11 is 5.62. The van der Waals surface area contributed by atoms with Crippen LogP contribution in [-0.4, -0.2) is 55.3 Å². The van der Waals surface area contributed by atoms with Crippen molar-refractivity contribution in [3.63, 3.8) is 0 Å². The van der Waals surface area contributed by atoms with E-state index in [-0.39, 0.29) is 5.56 Å². The Kier molecular flexibility index (Phi) is 6.00. The number of imidazole rings is 1. The standard InChI is InChI=1S/C24H25N7O3S/c1-28-20-19(21(32)29(2)24(28)33)26-22(27-20)30-12-14-31(15-13-30)23(35)25-16-8-10-18(11-9-16)34-17-6-4-3-5-7-17/h3-11H,12-15H2,1-2H3,(H,25,35)(H,26,27). The van der Waals surface area contributed by atoms with Gasteiger partial charge in [-0.1, -0.05) is 18.2 Å². The third kappa shape index (κ3) is 4.50. The molecule has 2 N–H and O–H groups in total. The molecule has 0 aliphatic carbocycles. The van der Waals surface area contributed by atoms with Crippen molar-refractivity contribution in [1.29, 1.82) is 0 Å². The van der Waals surface area contributed by atoms with E-state index in [9.17, 15) is 9.59 Å². The smallest absolute Gasteiger partial charge is 0.332 e. The highest BCUT2D eigenvalue weighted by Crippen LogP contribution is 2.23. The van der Waals surface area contributed by atoms with Crippen molar-refractivity contribution >= 4 is 40.1 Å². The Morgan fingerprint density at radius 2 is 1.60 bits per heavy atom. The molecule has 10 nitrogen and oxygen atoms in total. The quantitative estimate of drug-likeness (QED) is 0.420. The molecule has 5 rings (SSSR count). The molecule has 0 unspecified atom stereocenters. The van der Waals surface area contributed by atoms with Gasteiger partial charge in [0, 0.05) is 46.0 Å². The van der Waals surface area contributed by atoms with Crippen LogP contribution >= 0.6 is 12.2 Å².